The van der Waals surface area contributed by atoms with Crippen molar-refractivity contribution in [2.75, 3.05) is 13.1 Å². The molecule has 1 heterocycles. The second-order valence-electron chi connectivity index (χ2n) is 5.14. The van der Waals surface area contributed by atoms with Gasteiger partial charge in [0, 0.05) is 6.54 Å². The zero-order valence-electron chi connectivity index (χ0n) is 11.0. The number of benzene rings is 1. The smallest absolute Gasteiger partial charge is 0.335 e. The summed E-state index contributed by atoms with van der Waals surface area (Å²) in [7, 11) is 0. The summed E-state index contributed by atoms with van der Waals surface area (Å²) in [5.41, 5.74) is 2.49. The quantitative estimate of drug-likeness (QED) is 0.892. The highest BCUT2D eigenvalue weighted by Crippen LogP contribution is 2.16. The predicted molar refractivity (Wildman–Crippen MR) is 71.9 cm³/mol. The predicted octanol–water partition coefficient (Wildman–Crippen LogP) is 3.07. The van der Waals surface area contributed by atoms with Crippen LogP contribution in [-0.2, 0) is 6.54 Å². The minimum absolute atomic E-state index is 0.412. The van der Waals surface area contributed by atoms with Crippen molar-refractivity contribution in [3.8, 4) is 0 Å². The van der Waals surface area contributed by atoms with Crippen LogP contribution in [0.3, 0.4) is 0 Å². The Labute approximate surface area is 108 Å². The Balaban J connectivity index is 2.05. The van der Waals surface area contributed by atoms with Gasteiger partial charge in [0.25, 0.3) is 0 Å². The molecule has 1 saturated heterocycles. The van der Waals surface area contributed by atoms with Gasteiger partial charge in [0.05, 0.1) is 5.56 Å². The SMILES string of the molecule is Cc1cc(CN2CCCCCC2)ccc1C(=O)O. The molecular formula is C15H21NO2. The first-order chi connectivity index (χ1) is 8.66. The molecule has 0 spiro atoms. The van der Waals surface area contributed by atoms with E-state index in [2.05, 4.69) is 4.90 Å². The molecule has 0 bridgehead atoms. The van der Waals surface area contributed by atoms with Gasteiger partial charge in [-0.3, -0.25) is 4.90 Å². The van der Waals surface area contributed by atoms with E-state index in [0.717, 1.165) is 12.1 Å². The minimum Gasteiger partial charge on any atom is -0.478 e. The van der Waals surface area contributed by atoms with Gasteiger partial charge in [0.1, 0.15) is 0 Å². The molecule has 1 N–H and O–H groups in total. The standard InChI is InChI=1S/C15H21NO2/c1-12-10-13(6-7-14(12)15(17)18)11-16-8-4-2-3-5-9-16/h6-7,10H,2-5,8-9,11H2,1H3,(H,17,18). The van der Waals surface area contributed by atoms with Crippen LogP contribution in [-0.4, -0.2) is 29.1 Å². The number of hydrogen-bond acceptors (Lipinski definition) is 2. The Kier molecular flexibility index (Phi) is 4.37. The fourth-order valence-corrected chi connectivity index (χ4v) is 2.62. The molecule has 0 radical (unpaired) electrons. The van der Waals surface area contributed by atoms with Gasteiger partial charge in [-0.05, 0) is 50.0 Å². The van der Waals surface area contributed by atoms with Crippen LogP contribution >= 0.6 is 0 Å². The van der Waals surface area contributed by atoms with Crippen LogP contribution in [0.4, 0.5) is 0 Å². The van der Waals surface area contributed by atoms with Crippen molar-refractivity contribution in [3.63, 3.8) is 0 Å². The summed E-state index contributed by atoms with van der Waals surface area (Å²) in [6.45, 7) is 5.15. The summed E-state index contributed by atoms with van der Waals surface area (Å²) in [4.78, 5) is 13.4. The molecule has 3 nitrogen and oxygen atoms in total. The Morgan fingerprint density at radius 1 is 1.22 bits per heavy atom. The summed E-state index contributed by atoms with van der Waals surface area (Å²) >= 11 is 0. The Morgan fingerprint density at radius 2 is 1.89 bits per heavy atom. The third kappa shape index (κ3) is 3.33. The average molecular weight is 247 g/mol. The molecule has 3 heteroatoms. The van der Waals surface area contributed by atoms with Gasteiger partial charge in [-0.1, -0.05) is 25.0 Å². The molecule has 0 unspecified atom stereocenters. The number of carbonyl (C=O) groups is 1. The van der Waals surface area contributed by atoms with Gasteiger partial charge in [-0.25, -0.2) is 4.79 Å². The Bertz CT molecular complexity index is 421. The van der Waals surface area contributed by atoms with Crippen molar-refractivity contribution < 1.29 is 9.90 Å². The van der Waals surface area contributed by atoms with Crippen LogP contribution in [0, 0.1) is 6.92 Å². The molecule has 0 atom stereocenters. The number of aryl methyl sites for hydroxylation is 1. The molecular weight excluding hydrogens is 226 g/mol. The first-order valence-corrected chi connectivity index (χ1v) is 6.72. The molecule has 1 aliphatic rings. The van der Waals surface area contributed by atoms with E-state index in [-0.39, 0.29) is 0 Å². The van der Waals surface area contributed by atoms with Crippen molar-refractivity contribution in [3.05, 3.63) is 34.9 Å². The van der Waals surface area contributed by atoms with Gasteiger partial charge >= 0.3 is 5.97 Å². The third-order valence-electron chi connectivity index (χ3n) is 3.63. The molecule has 98 valence electrons. The number of carboxylic acids is 1. The number of nitrogens with zero attached hydrogens (tertiary/aromatic N) is 1. The highest BCUT2D eigenvalue weighted by atomic mass is 16.4. The minimum atomic E-state index is -0.839. The largest absolute Gasteiger partial charge is 0.478 e. The molecule has 0 amide bonds. The summed E-state index contributed by atoms with van der Waals surface area (Å²) < 4.78 is 0. The van der Waals surface area contributed by atoms with Crippen LogP contribution in [0.1, 0.15) is 47.2 Å². The second-order valence-corrected chi connectivity index (χ2v) is 5.14. The van der Waals surface area contributed by atoms with Crippen LogP contribution in [0.5, 0.6) is 0 Å². The van der Waals surface area contributed by atoms with Gasteiger partial charge in [0.15, 0.2) is 0 Å². The first-order valence-electron chi connectivity index (χ1n) is 6.72. The van der Waals surface area contributed by atoms with E-state index >= 15 is 0 Å². The number of aromatic carboxylic acids is 1. The van der Waals surface area contributed by atoms with Gasteiger partial charge in [0.2, 0.25) is 0 Å². The van der Waals surface area contributed by atoms with E-state index in [9.17, 15) is 4.79 Å². The van der Waals surface area contributed by atoms with Gasteiger partial charge in [-0.15, -0.1) is 0 Å². The van der Waals surface area contributed by atoms with Crippen LogP contribution in [0.2, 0.25) is 0 Å². The normalized spacial score (nSPS) is 17.4. The molecule has 1 aromatic carbocycles. The highest BCUT2D eigenvalue weighted by molar-refractivity contribution is 5.89. The van der Waals surface area contributed by atoms with Crippen molar-refractivity contribution >= 4 is 5.97 Å². The number of likely N-dealkylation sites (tertiary alicyclic amines) is 1. The van der Waals surface area contributed by atoms with E-state index in [4.69, 9.17) is 5.11 Å². The number of rotatable bonds is 3. The molecule has 0 saturated carbocycles. The fourth-order valence-electron chi connectivity index (χ4n) is 2.62. The van der Waals surface area contributed by atoms with Crippen molar-refractivity contribution in [1.82, 2.24) is 4.90 Å². The summed E-state index contributed by atoms with van der Waals surface area (Å²) in [6, 6.07) is 5.68. The van der Waals surface area contributed by atoms with Crippen molar-refractivity contribution in [1.29, 1.82) is 0 Å². The topological polar surface area (TPSA) is 40.5 Å². The van der Waals surface area contributed by atoms with Gasteiger partial charge < -0.3 is 5.11 Å². The maximum atomic E-state index is 11.0. The molecule has 1 fully saturated rings. The molecule has 0 aromatic heterocycles. The molecule has 1 aliphatic heterocycles. The summed E-state index contributed by atoms with van der Waals surface area (Å²) in [6.07, 6.45) is 5.25. The van der Waals surface area contributed by atoms with Crippen molar-refractivity contribution in [2.45, 2.75) is 39.2 Å². The molecule has 18 heavy (non-hydrogen) atoms. The molecule has 0 aliphatic carbocycles. The van der Waals surface area contributed by atoms with E-state index in [0.29, 0.717) is 5.56 Å². The first kappa shape index (κ1) is 13.1. The average Bonchev–Trinajstić information content (AvgIpc) is 2.57. The molecule has 2 rings (SSSR count). The highest BCUT2D eigenvalue weighted by Gasteiger charge is 2.11. The van der Waals surface area contributed by atoms with Crippen LogP contribution in [0.25, 0.3) is 0 Å². The van der Waals surface area contributed by atoms with Crippen LogP contribution < -0.4 is 0 Å². The lowest BCUT2D eigenvalue weighted by molar-refractivity contribution is 0.0696. The van der Waals surface area contributed by atoms with Gasteiger partial charge in [-0.2, -0.15) is 0 Å². The van der Waals surface area contributed by atoms with E-state index in [1.54, 1.807) is 6.07 Å². The third-order valence-corrected chi connectivity index (χ3v) is 3.63. The van der Waals surface area contributed by atoms with Crippen molar-refractivity contribution in [2.24, 2.45) is 0 Å². The lowest BCUT2D eigenvalue weighted by Crippen LogP contribution is -2.24. The van der Waals surface area contributed by atoms with E-state index < -0.39 is 5.97 Å². The number of carboxylic acid groups (broad SMARTS) is 1. The van der Waals surface area contributed by atoms with Crippen LogP contribution in [0.15, 0.2) is 18.2 Å². The maximum absolute atomic E-state index is 11.0. The Hall–Kier alpha value is -1.35. The molecule has 1 aromatic rings. The summed E-state index contributed by atoms with van der Waals surface area (Å²) in [5, 5.41) is 9.00. The Morgan fingerprint density at radius 3 is 2.44 bits per heavy atom. The zero-order chi connectivity index (χ0) is 13.0. The second kappa shape index (κ2) is 6.01. The van der Waals surface area contributed by atoms with E-state index in [1.807, 2.05) is 19.1 Å². The number of hydrogen-bond donors (Lipinski definition) is 1. The lowest BCUT2D eigenvalue weighted by atomic mass is 10.0. The zero-order valence-corrected chi connectivity index (χ0v) is 11.0. The lowest BCUT2D eigenvalue weighted by Gasteiger charge is -2.20. The fraction of sp³-hybridized carbons (Fsp3) is 0.533. The maximum Gasteiger partial charge on any atom is 0.335 e. The summed E-state index contributed by atoms with van der Waals surface area (Å²) in [5.74, 6) is -0.839. The monoisotopic (exact) mass is 247 g/mol. The van der Waals surface area contributed by atoms with E-state index in [1.165, 1.54) is 44.3 Å².